The van der Waals surface area contributed by atoms with Crippen molar-refractivity contribution in [2.75, 3.05) is 31.1 Å². The van der Waals surface area contributed by atoms with E-state index in [0.717, 1.165) is 34.0 Å². The monoisotopic (exact) mass is 389 g/mol. The van der Waals surface area contributed by atoms with Crippen LogP contribution in [0.4, 0.5) is 9.52 Å². The number of halogens is 2. The lowest BCUT2D eigenvalue weighted by Crippen LogP contribution is -2.49. The maximum Gasteiger partial charge on any atom is 0.227 e. The van der Waals surface area contributed by atoms with Crippen LogP contribution in [-0.4, -0.2) is 42.0 Å². The summed E-state index contributed by atoms with van der Waals surface area (Å²) >= 11 is 7.67. The van der Waals surface area contributed by atoms with Crippen LogP contribution in [0.5, 0.6) is 0 Å². The molecule has 0 N–H and O–H groups in total. The minimum Gasteiger partial charge on any atom is -0.345 e. The second-order valence-electron chi connectivity index (χ2n) is 6.28. The van der Waals surface area contributed by atoms with Gasteiger partial charge in [0.15, 0.2) is 5.13 Å². The van der Waals surface area contributed by atoms with Gasteiger partial charge in [0, 0.05) is 31.2 Å². The van der Waals surface area contributed by atoms with E-state index in [1.165, 1.54) is 12.1 Å². The van der Waals surface area contributed by atoms with E-state index in [2.05, 4.69) is 9.88 Å². The van der Waals surface area contributed by atoms with Crippen molar-refractivity contribution >= 4 is 44.2 Å². The lowest BCUT2D eigenvalue weighted by Gasteiger charge is -2.34. The number of fused-ring (bicyclic) bond motifs is 1. The Morgan fingerprint density at radius 3 is 2.58 bits per heavy atom. The number of anilines is 1. The molecule has 0 atom stereocenters. The first-order valence-corrected chi connectivity index (χ1v) is 9.61. The molecule has 4 rings (SSSR count). The van der Waals surface area contributed by atoms with Crippen molar-refractivity contribution in [2.24, 2.45) is 0 Å². The van der Waals surface area contributed by atoms with Crippen molar-refractivity contribution in [3.63, 3.8) is 0 Å². The van der Waals surface area contributed by atoms with Gasteiger partial charge >= 0.3 is 0 Å². The van der Waals surface area contributed by atoms with Gasteiger partial charge in [-0.1, -0.05) is 35.1 Å². The minimum absolute atomic E-state index is 0.0762. The molecular weight excluding hydrogens is 373 g/mol. The van der Waals surface area contributed by atoms with Crippen LogP contribution in [0, 0.1) is 5.82 Å². The molecule has 1 aliphatic heterocycles. The predicted molar refractivity (Wildman–Crippen MR) is 104 cm³/mol. The Bertz CT molecular complexity index is 936. The fraction of sp³-hybridized carbons (Fsp3) is 0.263. The average molecular weight is 390 g/mol. The third-order valence-corrected chi connectivity index (χ3v) is 5.82. The highest BCUT2D eigenvalue weighted by molar-refractivity contribution is 7.22. The van der Waals surface area contributed by atoms with E-state index in [1.54, 1.807) is 23.5 Å². The summed E-state index contributed by atoms with van der Waals surface area (Å²) in [5.74, 6) is -0.209. The lowest BCUT2D eigenvalue weighted by molar-refractivity contribution is -0.130. The zero-order valence-corrected chi connectivity index (χ0v) is 15.6. The van der Waals surface area contributed by atoms with Crippen LogP contribution in [0.25, 0.3) is 10.2 Å². The number of piperazine rings is 1. The molecule has 3 aromatic rings. The number of rotatable bonds is 3. The Kier molecular flexibility index (Phi) is 4.78. The summed E-state index contributed by atoms with van der Waals surface area (Å²) in [6.07, 6.45) is 0.305. The van der Waals surface area contributed by atoms with Gasteiger partial charge in [-0.3, -0.25) is 4.79 Å². The van der Waals surface area contributed by atoms with Crippen LogP contribution in [0.2, 0.25) is 5.02 Å². The molecule has 1 saturated heterocycles. The summed E-state index contributed by atoms with van der Waals surface area (Å²) in [6.45, 7) is 2.83. The molecule has 2 aromatic carbocycles. The minimum atomic E-state index is -0.285. The fourth-order valence-electron chi connectivity index (χ4n) is 3.06. The normalized spacial score (nSPS) is 14.8. The SMILES string of the molecule is O=C(Cc1ccc(F)cc1)N1CCN(c2nc3ccc(Cl)cc3s2)CC1. The van der Waals surface area contributed by atoms with Crippen molar-refractivity contribution in [3.05, 3.63) is 58.9 Å². The molecule has 1 aromatic heterocycles. The van der Waals surface area contributed by atoms with E-state index in [4.69, 9.17) is 11.6 Å². The molecule has 7 heteroatoms. The summed E-state index contributed by atoms with van der Waals surface area (Å²) in [5.41, 5.74) is 1.78. The summed E-state index contributed by atoms with van der Waals surface area (Å²) in [4.78, 5) is 21.2. The second kappa shape index (κ2) is 7.21. The number of amides is 1. The van der Waals surface area contributed by atoms with E-state index >= 15 is 0 Å². The van der Waals surface area contributed by atoms with E-state index in [9.17, 15) is 9.18 Å². The Morgan fingerprint density at radius 2 is 1.85 bits per heavy atom. The van der Waals surface area contributed by atoms with Crippen molar-refractivity contribution in [2.45, 2.75) is 6.42 Å². The Hall–Kier alpha value is -2.18. The van der Waals surface area contributed by atoms with Gasteiger partial charge in [0.25, 0.3) is 0 Å². The molecule has 0 aliphatic carbocycles. The number of hydrogen-bond acceptors (Lipinski definition) is 4. The van der Waals surface area contributed by atoms with E-state index in [-0.39, 0.29) is 11.7 Å². The van der Waals surface area contributed by atoms with Crippen LogP contribution in [0.1, 0.15) is 5.56 Å². The van der Waals surface area contributed by atoms with Crippen LogP contribution < -0.4 is 4.90 Å². The Labute approximate surface area is 159 Å². The molecule has 0 saturated carbocycles. The largest absolute Gasteiger partial charge is 0.345 e. The van der Waals surface area contributed by atoms with Gasteiger partial charge in [-0.2, -0.15) is 0 Å². The smallest absolute Gasteiger partial charge is 0.227 e. The molecule has 1 amide bonds. The molecular formula is C19H17ClFN3OS. The number of nitrogens with zero attached hydrogens (tertiary/aromatic N) is 3. The maximum absolute atomic E-state index is 13.0. The van der Waals surface area contributed by atoms with Gasteiger partial charge in [0.05, 0.1) is 16.6 Å². The number of aromatic nitrogens is 1. The molecule has 0 spiro atoms. The van der Waals surface area contributed by atoms with Gasteiger partial charge in [-0.05, 0) is 35.9 Å². The number of carbonyl (C=O) groups excluding carboxylic acids is 1. The second-order valence-corrected chi connectivity index (χ2v) is 7.73. The van der Waals surface area contributed by atoms with Crippen molar-refractivity contribution in [1.29, 1.82) is 0 Å². The third-order valence-electron chi connectivity index (χ3n) is 4.51. The van der Waals surface area contributed by atoms with E-state index in [0.29, 0.717) is 24.5 Å². The van der Waals surface area contributed by atoms with Crippen molar-refractivity contribution in [1.82, 2.24) is 9.88 Å². The van der Waals surface area contributed by atoms with Crippen LogP contribution >= 0.6 is 22.9 Å². The van der Waals surface area contributed by atoms with Crippen LogP contribution in [0.15, 0.2) is 42.5 Å². The molecule has 4 nitrogen and oxygen atoms in total. The number of carbonyl (C=O) groups is 1. The Morgan fingerprint density at radius 1 is 1.12 bits per heavy atom. The number of benzene rings is 2. The zero-order chi connectivity index (χ0) is 18.1. The topological polar surface area (TPSA) is 36.4 Å². The predicted octanol–water partition coefficient (Wildman–Crippen LogP) is 3.98. The number of hydrogen-bond donors (Lipinski definition) is 0. The summed E-state index contributed by atoms with van der Waals surface area (Å²) < 4.78 is 14.0. The molecule has 134 valence electrons. The first-order valence-electron chi connectivity index (χ1n) is 8.42. The van der Waals surface area contributed by atoms with E-state index in [1.807, 2.05) is 23.1 Å². The lowest BCUT2D eigenvalue weighted by atomic mass is 10.1. The fourth-order valence-corrected chi connectivity index (χ4v) is 4.35. The van der Waals surface area contributed by atoms with Gasteiger partial charge in [-0.15, -0.1) is 0 Å². The average Bonchev–Trinajstić information content (AvgIpc) is 3.07. The highest BCUT2D eigenvalue weighted by Crippen LogP contribution is 2.31. The van der Waals surface area contributed by atoms with Gasteiger partial charge < -0.3 is 9.80 Å². The third kappa shape index (κ3) is 3.66. The van der Waals surface area contributed by atoms with Crippen LogP contribution in [-0.2, 0) is 11.2 Å². The molecule has 0 unspecified atom stereocenters. The first kappa shape index (κ1) is 17.2. The summed E-state index contributed by atoms with van der Waals surface area (Å²) in [7, 11) is 0. The Balaban J connectivity index is 1.38. The molecule has 1 aliphatic rings. The van der Waals surface area contributed by atoms with Crippen molar-refractivity contribution < 1.29 is 9.18 Å². The highest BCUT2D eigenvalue weighted by atomic mass is 35.5. The quantitative estimate of drug-likeness (QED) is 0.679. The maximum atomic E-state index is 13.0. The highest BCUT2D eigenvalue weighted by Gasteiger charge is 2.23. The first-order chi connectivity index (χ1) is 12.6. The number of thiazole rings is 1. The summed E-state index contributed by atoms with van der Waals surface area (Å²) in [6, 6.07) is 11.8. The van der Waals surface area contributed by atoms with E-state index < -0.39 is 0 Å². The molecule has 1 fully saturated rings. The molecule has 2 heterocycles. The molecule has 0 radical (unpaired) electrons. The van der Waals surface area contributed by atoms with Crippen molar-refractivity contribution in [3.8, 4) is 0 Å². The molecule has 26 heavy (non-hydrogen) atoms. The van der Waals surface area contributed by atoms with Gasteiger partial charge in [0.1, 0.15) is 5.82 Å². The van der Waals surface area contributed by atoms with Gasteiger partial charge in [0.2, 0.25) is 5.91 Å². The summed E-state index contributed by atoms with van der Waals surface area (Å²) in [5, 5.41) is 1.68. The standard InChI is InChI=1S/C19H17ClFN3OS/c20-14-3-6-16-17(12-14)26-19(22-16)24-9-7-23(8-10-24)18(25)11-13-1-4-15(21)5-2-13/h1-6,12H,7-11H2. The van der Waals surface area contributed by atoms with Crippen LogP contribution in [0.3, 0.4) is 0 Å². The molecule has 0 bridgehead atoms. The zero-order valence-electron chi connectivity index (χ0n) is 14.0. The van der Waals surface area contributed by atoms with Gasteiger partial charge in [-0.25, -0.2) is 9.37 Å².